The lowest BCUT2D eigenvalue weighted by molar-refractivity contribution is 0.479. The Labute approximate surface area is 105 Å². The molecule has 1 rings (SSSR count). The lowest BCUT2D eigenvalue weighted by Gasteiger charge is -2.14. The summed E-state index contributed by atoms with van der Waals surface area (Å²) in [6.45, 7) is 1.43. The van der Waals surface area contributed by atoms with Crippen LogP contribution in [0.4, 0.5) is 5.82 Å². The number of aromatic nitrogens is 2. The van der Waals surface area contributed by atoms with Gasteiger partial charge in [-0.3, -0.25) is 4.68 Å². The number of anilines is 1. The fraction of sp³-hybridized carbons (Fsp3) is 0.444. The molecule has 96 valence electrons. The Hall–Kier alpha value is -2.10. The van der Waals surface area contributed by atoms with Crippen LogP contribution in [-0.4, -0.2) is 35.6 Å². The summed E-state index contributed by atoms with van der Waals surface area (Å²) in [4.78, 5) is -0.185. The third-order valence-corrected chi connectivity index (χ3v) is 4.00. The molecular formula is C9H12N6O2S. The monoisotopic (exact) mass is 268 g/mol. The molecule has 9 heteroatoms. The van der Waals surface area contributed by atoms with Crippen molar-refractivity contribution in [3.63, 3.8) is 0 Å². The summed E-state index contributed by atoms with van der Waals surface area (Å²) in [7, 11) is -3.97. The average Bonchev–Trinajstić information content (AvgIpc) is 2.71. The van der Waals surface area contributed by atoms with Gasteiger partial charge >= 0.3 is 0 Å². The van der Waals surface area contributed by atoms with E-state index >= 15 is 0 Å². The van der Waals surface area contributed by atoms with E-state index in [1.807, 2.05) is 0 Å². The van der Waals surface area contributed by atoms with Gasteiger partial charge < -0.3 is 5.73 Å². The van der Waals surface area contributed by atoms with Gasteiger partial charge in [-0.2, -0.15) is 19.9 Å². The van der Waals surface area contributed by atoms with Crippen LogP contribution in [0.15, 0.2) is 11.1 Å². The van der Waals surface area contributed by atoms with Gasteiger partial charge in [-0.1, -0.05) is 0 Å². The zero-order chi connectivity index (χ0) is 13.8. The third-order valence-electron chi connectivity index (χ3n) is 2.19. The van der Waals surface area contributed by atoms with Crippen molar-refractivity contribution in [2.24, 2.45) is 0 Å². The second-order valence-corrected chi connectivity index (χ2v) is 5.23. The molecule has 0 saturated heterocycles. The Balaban J connectivity index is 3.23. The van der Waals surface area contributed by atoms with E-state index in [4.69, 9.17) is 16.3 Å². The first-order valence-electron chi connectivity index (χ1n) is 5.04. The van der Waals surface area contributed by atoms with Crippen LogP contribution in [0.1, 0.15) is 6.92 Å². The minimum atomic E-state index is -3.97. The number of sulfonamides is 1. The van der Waals surface area contributed by atoms with Crippen LogP contribution in [-0.2, 0) is 16.6 Å². The van der Waals surface area contributed by atoms with Gasteiger partial charge in [0.1, 0.15) is 18.0 Å². The van der Waals surface area contributed by atoms with Crippen molar-refractivity contribution in [2.75, 3.05) is 18.8 Å². The van der Waals surface area contributed by atoms with Crippen LogP contribution in [0.25, 0.3) is 0 Å². The molecular weight excluding hydrogens is 256 g/mol. The molecule has 8 nitrogen and oxygen atoms in total. The number of nitrogens with two attached hydrogens (primary N) is 1. The minimum absolute atomic E-state index is 0.141. The lowest BCUT2D eigenvalue weighted by Crippen LogP contribution is -2.32. The summed E-state index contributed by atoms with van der Waals surface area (Å²) in [5, 5.41) is 21.0. The highest BCUT2D eigenvalue weighted by Gasteiger charge is 2.28. The van der Waals surface area contributed by atoms with Crippen molar-refractivity contribution in [3.05, 3.63) is 6.20 Å². The van der Waals surface area contributed by atoms with E-state index in [1.54, 1.807) is 19.1 Å². The van der Waals surface area contributed by atoms with Crippen LogP contribution in [0.2, 0.25) is 0 Å². The third kappa shape index (κ3) is 2.59. The van der Waals surface area contributed by atoms with Crippen molar-refractivity contribution in [1.82, 2.24) is 14.1 Å². The van der Waals surface area contributed by atoms with Crippen LogP contribution < -0.4 is 5.73 Å². The number of nitriles is 2. The average molecular weight is 268 g/mol. The Morgan fingerprint density at radius 1 is 1.44 bits per heavy atom. The largest absolute Gasteiger partial charge is 0.381 e. The van der Waals surface area contributed by atoms with Crippen LogP contribution in [0, 0.1) is 22.7 Å². The molecule has 1 heterocycles. The molecule has 0 aromatic carbocycles. The molecule has 0 unspecified atom stereocenters. The van der Waals surface area contributed by atoms with E-state index in [0.29, 0.717) is 6.54 Å². The van der Waals surface area contributed by atoms with E-state index in [1.165, 1.54) is 10.9 Å². The van der Waals surface area contributed by atoms with Crippen molar-refractivity contribution >= 4 is 15.8 Å². The van der Waals surface area contributed by atoms with E-state index in [2.05, 4.69) is 5.10 Å². The molecule has 0 radical (unpaired) electrons. The molecule has 1 aromatic rings. The lowest BCUT2D eigenvalue weighted by atomic mass is 10.6. The molecule has 0 spiro atoms. The number of nitrogens with zero attached hydrogens (tertiary/aromatic N) is 5. The van der Waals surface area contributed by atoms with Crippen LogP contribution in [0.5, 0.6) is 0 Å². The summed E-state index contributed by atoms with van der Waals surface area (Å²) < 4.78 is 26.4. The molecule has 0 saturated carbocycles. The first-order valence-corrected chi connectivity index (χ1v) is 6.48. The fourth-order valence-corrected chi connectivity index (χ4v) is 2.59. The number of nitrogen functional groups attached to an aromatic ring is 1. The molecule has 1 aromatic heterocycles. The normalized spacial score (nSPS) is 11.1. The Morgan fingerprint density at radius 2 is 2.00 bits per heavy atom. The zero-order valence-electron chi connectivity index (χ0n) is 9.74. The van der Waals surface area contributed by atoms with E-state index in [-0.39, 0.29) is 10.7 Å². The number of aryl methyl sites for hydroxylation is 1. The Kier molecular flexibility index (Phi) is 4.26. The maximum Gasteiger partial charge on any atom is 0.250 e. The molecule has 0 aliphatic heterocycles. The minimum Gasteiger partial charge on any atom is -0.381 e. The number of hydrogen-bond acceptors (Lipinski definition) is 6. The van der Waals surface area contributed by atoms with Gasteiger partial charge in [0, 0.05) is 12.7 Å². The molecule has 0 bridgehead atoms. The molecule has 0 atom stereocenters. The van der Waals surface area contributed by atoms with Gasteiger partial charge in [0.15, 0.2) is 5.82 Å². The molecule has 0 aliphatic rings. The Bertz CT molecular complexity index is 590. The standard InChI is InChI=1S/C9H12N6O2S/c1-2-14-7-8(9(12)13-14)18(16,17)15(5-3-10)6-4-11/h7H,2,5-6H2,1H3,(H2,12,13). The highest BCUT2D eigenvalue weighted by molar-refractivity contribution is 7.89. The summed E-state index contributed by atoms with van der Waals surface area (Å²) in [6, 6.07) is 3.39. The van der Waals surface area contributed by atoms with Gasteiger partial charge in [0.05, 0.1) is 12.1 Å². The number of hydrogen-bond donors (Lipinski definition) is 1. The first-order chi connectivity index (χ1) is 8.47. The van der Waals surface area contributed by atoms with Crippen molar-refractivity contribution in [3.8, 4) is 12.1 Å². The van der Waals surface area contributed by atoms with E-state index in [9.17, 15) is 8.42 Å². The van der Waals surface area contributed by atoms with Gasteiger partial charge in [-0.05, 0) is 6.92 Å². The molecule has 0 aliphatic carbocycles. The van der Waals surface area contributed by atoms with Gasteiger partial charge in [0.2, 0.25) is 10.0 Å². The number of rotatable bonds is 5. The molecule has 0 fully saturated rings. The molecule has 0 amide bonds. The van der Waals surface area contributed by atoms with E-state index in [0.717, 1.165) is 4.31 Å². The summed E-state index contributed by atoms with van der Waals surface area (Å²) >= 11 is 0. The van der Waals surface area contributed by atoms with Crippen molar-refractivity contribution in [2.45, 2.75) is 18.4 Å². The van der Waals surface area contributed by atoms with Gasteiger partial charge in [-0.25, -0.2) is 8.42 Å². The fourth-order valence-electron chi connectivity index (χ4n) is 1.30. The maximum absolute atomic E-state index is 12.2. The summed E-state index contributed by atoms with van der Waals surface area (Å²) in [5.74, 6) is -0.141. The van der Waals surface area contributed by atoms with E-state index < -0.39 is 23.1 Å². The van der Waals surface area contributed by atoms with Gasteiger partial charge in [0.25, 0.3) is 0 Å². The predicted octanol–water partition coefficient (Wildman–Crippen LogP) is -0.477. The SMILES string of the molecule is CCn1cc(S(=O)(=O)N(CC#N)CC#N)c(N)n1. The highest BCUT2D eigenvalue weighted by Crippen LogP contribution is 2.20. The quantitative estimate of drug-likeness (QED) is 0.718. The zero-order valence-corrected chi connectivity index (χ0v) is 10.6. The molecule has 2 N–H and O–H groups in total. The topological polar surface area (TPSA) is 129 Å². The van der Waals surface area contributed by atoms with Crippen molar-refractivity contribution < 1.29 is 8.42 Å². The van der Waals surface area contributed by atoms with Crippen LogP contribution in [0.3, 0.4) is 0 Å². The molecule has 18 heavy (non-hydrogen) atoms. The Morgan fingerprint density at radius 3 is 2.39 bits per heavy atom. The second-order valence-electron chi connectivity index (χ2n) is 3.32. The first kappa shape index (κ1) is 14.0. The summed E-state index contributed by atoms with van der Waals surface area (Å²) in [5.41, 5.74) is 5.53. The smallest absolute Gasteiger partial charge is 0.250 e. The highest BCUT2D eigenvalue weighted by atomic mass is 32.2. The predicted molar refractivity (Wildman–Crippen MR) is 62.3 cm³/mol. The summed E-state index contributed by atoms with van der Waals surface area (Å²) in [6.07, 6.45) is 1.28. The maximum atomic E-state index is 12.2. The van der Waals surface area contributed by atoms with Crippen LogP contribution >= 0.6 is 0 Å². The van der Waals surface area contributed by atoms with Gasteiger partial charge in [-0.15, -0.1) is 0 Å². The van der Waals surface area contributed by atoms with Crippen molar-refractivity contribution in [1.29, 1.82) is 10.5 Å². The second kappa shape index (κ2) is 5.49.